The van der Waals surface area contributed by atoms with Crippen LogP contribution in [0.1, 0.15) is 17.3 Å². The normalized spacial score (nSPS) is 19.8. The third kappa shape index (κ3) is 2.97. The fraction of sp³-hybridized carbons (Fsp3) is 0.214. The number of amides is 2. The van der Waals surface area contributed by atoms with Crippen LogP contribution in [-0.4, -0.2) is 31.0 Å². The molecule has 1 saturated heterocycles. The molecule has 2 heterocycles. The van der Waals surface area contributed by atoms with Crippen LogP contribution in [0.5, 0.6) is 0 Å². The molecule has 0 unspecified atom stereocenters. The van der Waals surface area contributed by atoms with Gasteiger partial charge in [-0.05, 0) is 18.2 Å². The second-order valence-corrected chi connectivity index (χ2v) is 7.88. The highest BCUT2D eigenvalue weighted by atomic mass is 32.2. The summed E-state index contributed by atoms with van der Waals surface area (Å²) in [6, 6.07) is 5.96. The van der Waals surface area contributed by atoms with Crippen LogP contribution in [0.15, 0.2) is 35.8 Å². The number of carbonyl (C=O) groups is 2. The zero-order valence-corrected chi connectivity index (χ0v) is 13.7. The van der Waals surface area contributed by atoms with Crippen molar-refractivity contribution in [2.75, 3.05) is 15.4 Å². The van der Waals surface area contributed by atoms with E-state index >= 15 is 0 Å². The van der Waals surface area contributed by atoms with Crippen LogP contribution in [0, 0.1) is 5.92 Å². The number of carbonyl (C=O) groups excluding carboxylic acids is 2. The Balaban J connectivity index is 1.91. The molecule has 1 atom stereocenters. The summed E-state index contributed by atoms with van der Waals surface area (Å²) in [4.78, 5) is 28.2. The van der Waals surface area contributed by atoms with E-state index in [0.29, 0.717) is 5.13 Å². The number of hydrogen-bond acceptors (Lipinski definition) is 6. The number of benzene rings is 1. The van der Waals surface area contributed by atoms with Crippen molar-refractivity contribution in [3.8, 4) is 0 Å². The Bertz CT molecular complexity index is 862. The Morgan fingerprint density at radius 3 is 2.83 bits per heavy atom. The molecule has 0 bridgehead atoms. The first-order chi connectivity index (χ1) is 10.9. The van der Waals surface area contributed by atoms with Gasteiger partial charge in [-0.3, -0.25) is 14.9 Å². The molecule has 9 heteroatoms. The van der Waals surface area contributed by atoms with Gasteiger partial charge in [0.1, 0.15) is 0 Å². The highest BCUT2D eigenvalue weighted by molar-refractivity contribution is 7.94. The summed E-state index contributed by atoms with van der Waals surface area (Å²) >= 11 is 1.27. The van der Waals surface area contributed by atoms with Crippen molar-refractivity contribution in [3.63, 3.8) is 0 Å². The molecular formula is C14H13N3O4S2. The fourth-order valence-electron chi connectivity index (χ4n) is 2.31. The van der Waals surface area contributed by atoms with Gasteiger partial charge in [0.25, 0.3) is 5.91 Å². The van der Waals surface area contributed by atoms with Crippen LogP contribution < -0.4 is 9.62 Å². The molecule has 2 aromatic rings. The van der Waals surface area contributed by atoms with Crippen molar-refractivity contribution in [3.05, 3.63) is 41.4 Å². The number of rotatable bonds is 3. The summed E-state index contributed by atoms with van der Waals surface area (Å²) in [7, 11) is -3.69. The van der Waals surface area contributed by atoms with E-state index in [1.807, 2.05) is 0 Å². The molecule has 0 spiro atoms. The van der Waals surface area contributed by atoms with E-state index in [4.69, 9.17) is 0 Å². The maximum Gasteiger partial charge on any atom is 0.257 e. The first-order valence-corrected chi connectivity index (χ1v) is 9.25. The van der Waals surface area contributed by atoms with Crippen LogP contribution in [-0.2, 0) is 14.8 Å². The molecule has 1 aromatic heterocycles. The third-order valence-electron chi connectivity index (χ3n) is 3.36. The van der Waals surface area contributed by atoms with Crippen molar-refractivity contribution in [1.29, 1.82) is 0 Å². The quantitative estimate of drug-likeness (QED) is 0.908. The molecule has 0 radical (unpaired) electrons. The van der Waals surface area contributed by atoms with Gasteiger partial charge in [0.05, 0.1) is 17.4 Å². The average molecular weight is 351 g/mol. The molecule has 1 aromatic carbocycles. The van der Waals surface area contributed by atoms with Crippen LogP contribution in [0.25, 0.3) is 0 Å². The minimum absolute atomic E-state index is 0.172. The zero-order valence-electron chi connectivity index (χ0n) is 12.1. The lowest BCUT2D eigenvalue weighted by molar-refractivity contribution is -0.119. The number of aromatic nitrogens is 1. The summed E-state index contributed by atoms with van der Waals surface area (Å²) < 4.78 is 25.0. The second-order valence-electron chi connectivity index (χ2n) is 5.12. The van der Waals surface area contributed by atoms with Gasteiger partial charge in [-0.1, -0.05) is 13.0 Å². The van der Waals surface area contributed by atoms with Crippen LogP contribution in [0.2, 0.25) is 0 Å². The van der Waals surface area contributed by atoms with Crippen molar-refractivity contribution in [2.24, 2.45) is 5.92 Å². The minimum Gasteiger partial charge on any atom is -0.298 e. The second kappa shape index (κ2) is 5.74. The van der Waals surface area contributed by atoms with Crippen molar-refractivity contribution < 1.29 is 18.0 Å². The monoisotopic (exact) mass is 351 g/mol. The molecular weight excluding hydrogens is 338 g/mol. The Kier molecular flexibility index (Phi) is 3.90. The van der Waals surface area contributed by atoms with E-state index in [-0.39, 0.29) is 17.0 Å². The molecule has 1 aliphatic heterocycles. The Labute approximate surface area is 137 Å². The molecule has 0 saturated carbocycles. The molecule has 7 nitrogen and oxygen atoms in total. The Morgan fingerprint density at radius 1 is 1.43 bits per heavy atom. The number of anilines is 2. The highest BCUT2D eigenvalue weighted by Crippen LogP contribution is 2.29. The van der Waals surface area contributed by atoms with Crippen LogP contribution >= 0.6 is 11.3 Å². The van der Waals surface area contributed by atoms with Crippen LogP contribution in [0.4, 0.5) is 10.8 Å². The molecule has 3 rings (SSSR count). The van der Waals surface area contributed by atoms with E-state index in [1.165, 1.54) is 29.5 Å². The van der Waals surface area contributed by atoms with Gasteiger partial charge in [0.15, 0.2) is 5.13 Å². The van der Waals surface area contributed by atoms with Gasteiger partial charge in [0, 0.05) is 17.1 Å². The van der Waals surface area contributed by atoms with Crippen molar-refractivity contribution >= 4 is 44.0 Å². The van der Waals surface area contributed by atoms with Gasteiger partial charge in [0.2, 0.25) is 15.9 Å². The van der Waals surface area contributed by atoms with Gasteiger partial charge in [-0.2, -0.15) is 0 Å². The lowest BCUT2D eigenvalue weighted by atomic mass is 10.1. The first-order valence-electron chi connectivity index (χ1n) is 6.76. The maximum atomic E-state index is 12.2. The summed E-state index contributed by atoms with van der Waals surface area (Å²) in [5, 5.41) is 4.78. The predicted octanol–water partition coefficient (Wildman–Crippen LogP) is 1.71. The molecule has 2 amide bonds. The topological polar surface area (TPSA) is 96.4 Å². The number of hydrogen-bond donors (Lipinski definition) is 1. The van der Waals surface area contributed by atoms with E-state index in [1.54, 1.807) is 24.6 Å². The minimum atomic E-state index is -3.69. The number of nitrogens with one attached hydrogen (secondary N) is 1. The fourth-order valence-corrected chi connectivity index (χ4v) is 4.65. The molecule has 120 valence electrons. The van der Waals surface area contributed by atoms with Gasteiger partial charge in [-0.15, -0.1) is 11.3 Å². The maximum absolute atomic E-state index is 12.2. The summed E-state index contributed by atoms with van der Waals surface area (Å²) in [6.07, 6.45) is 1.56. The highest BCUT2D eigenvalue weighted by Gasteiger charge is 2.42. The standard InChI is InChI=1S/C14H13N3O4S2/c1-9-8-23(20,21)17(13(9)19)11-4-2-3-10(7-11)12(18)16-14-15-5-6-22-14/h2-7,9H,8H2,1H3,(H,15,16,18)/t9-/m1/s1. The number of thiazole rings is 1. The summed E-state index contributed by atoms with van der Waals surface area (Å²) in [6.45, 7) is 1.57. The van der Waals surface area contributed by atoms with Gasteiger partial charge >= 0.3 is 0 Å². The lowest BCUT2D eigenvalue weighted by Gasteiger charge is -2.16. The van der Waals surface area contributed by atoms with Crippen molar-refractivity contribution in [2.45, 2.75) is 6.92 Å². The summed E-state index contributed by atoms with van der Waals surface area (Å²) in [5.41, 5.74) is 0.423. The molecule has 1 N–H and O–H groups in total. The Morgan fingerprint density at radius 2 is 2.22 bits per heavy atom. The molecule has 23 heavy (non-hydrogen) atoms. The first kappa shape index (κ1) is 15.6. The number of sulfonamides is 1. The van der Waals surface area contributed by atoms with E-state index < -0.39 is 27.8 Å². The van der Waals surface area contributed by atoms with Gasteiger partial charge < -0.3 is 0 Å². The van der Waals surface area contributed by atoms with Crippen molar-refractivity contribution in [1.82, 2.24) is 4.98 Å². The largest absolute Gasteiger partial charge is 0.298 e. The van der Waals surface area contributed by atoms with E-state index in [9.17, 15) is 18.0 Å². The SMILES string of the molecule is C[C@@H]1CS(=O)(=O)N(c2cccc(C(=O)Nc3nccs3)c2)C1=O. The predicted molar refractivity (Wildman–Crippen MR) is 86.9 cm³/mol. The summed E-state index contributed by atoms with van der Waals surface area (Å²) in [5.74, 6) is -1.71. The molecule has 1 fully saturated rings. The van der Waals surface area contributed by atoms with Gasteiger partial charge in [-0.25, -0.2) is 17.7 Å². The molecule has 1 aliphatic rings. The van der Waals surface area contributed by atoms with E-state index in [2.05, 4.69) is 10.3 Å². The lowest BCUT2D eigenvalue weighted by Crippen LogP contribution is -2.30. The Hall–Kier alpha value is -2.26. The third-order valence-corrected chi connectivity index (χ3v) is 5.91. The molecule has 0 aliphatic carbocycles. The van der Waals surface area contributed by atoms with E-state index in [0.717, 1.165) is 4.31 Å². The smallest absolute Gasteiger partial charge is 0.257 e. The number of nitrogens with zero attached hydrogens (tertiary/aromatic N) is 2. The van der Waals surface area contributed by atoms with Crippen LogP contribution in [0.3, 0.4) is 0 Å². The average Bonchev–Trinajstić information content (AvgIpc) is 3.06. The zero-order chi connectivity index (χ0) is 16.6.